The molecule has 1 atom stereocenters. The number of benzene rings is 1. The number of hydrogen-bond donors (Lipinski definition) is 1. The van der Waals surface area contributed by atoms with Gasteiger partial charge >= 0.3 is 0 Å². The van der Waals surface area contributed by atoms with Crippen molar-refractivity contribution in [2.24, 2.45) is 12.8 Å². The zero-order chi connectivity index (χ0) is 12.3. The molecule has 1 aromatic carbocycles. The molecular formula is C13H17N3S. The zero-order valence-electron chi connectivity index (χ0n) is 10.1. The van der Waals surface area contributed by atoms with Gasteiger partial charge in [0.2, 0.25) is 0 Å². The Bertz CT molecular complexity index is 476. The van der Waals surface area contributed by atoms with Gasteiger partial charge in [-0.2, -0.15) is 0 Å². The molecule has 0 saturated heterocycles. The molecule has 0 aliphatic carbocycles. The molecule has 1 heterocycles. The highest BCUT2D eigenvalue weighted by Gasteiger charge is 2.05. The first-order valence-electron chi connectivity index (χ1n) is 5.71. The number of nitrogens with zero attached hydrogens (tertiary/aromatic N) is 2. The van der Waals surface area contributed by atoms with Crippen molar-refractivity contribution in [1.29, 1.82) is 0 Å². The molecule has 4 heteroatoms. The summed E-state index contributed by atoms with van der Waals surface area (Å²) in [6.45, 7) is 2.10. The van der Waals surface area contributed by atoms with E-state index in [0.29, 0.717) is 0 Å². The minimum Gasteiger partial charge on any atom is -0.329 e. The summed E-state index contributed by atoms with van der Waals surface area (Å²) in [4.78, 5) is 5.47. The molecule has 1 aromatic heterocycles. The predicted molar refractivity (Wildman–Crippen MR) is 71.0 cm³/mol. The van der Waals surface area contributed by atoms with Gasteiger partial charge in [-0.25, -0.2) is 4.98 Å². The van der Waals surface area contributed by atoms with Crippen LogP contribution in [0.1, 0.15) is 24.9 Å². The molecule has 90 valence electrons. The quantitative estimate of drug-likeness (QED) is 0.903. The monoisotopic (exact) mass is 247 g/mol. The Morgan fingerprint density at radius 1 is 1.35 bits per heavy atom. The molecule has 0 aliphatic heterocycles. The molecule has 3 nitrogen and oxygen atoms in total. The minimum absolute atomic E-state index is 0.141. The fourth-order valence-corrected chi connectivity index (χ4v) is 2.38. The van der Waals surface area contributed by atoms with Crippen molar-refractivity contribution in [3.05, 3.63) is 42.2 Å². The smallest absolute Gasteiger partial charge is 0.172 e. The molecule has 0 fully saturated rings. The average molecular weight is 247 g/mol. The van der Waals surface area contributed by atoms with Gasteiger partial charge in [-0.15, -0.1) is 0 Å². The van der Waals surface area contributed by atoms with Crippen molar-refractivity contribution < 1.29 is 0 Å². The van der Waals surface area contributed by atoms with E-state index in [2.05, 4.69) is 36.2 Å². The van der Waals surface area contributed by atoms with Crippen LogP contribution in [0, 0.1) is 0 Å². The van der Waals surface area contributed by atoms with E-state index in [1.807, 2.05) is 24.0 Å². The maximum atomic E-state index is 5.98. The number of aryl methyl sites for hydroxylation is 1. The van der Waals surface area contributed by atoms with Crippen LogP contribution in [0.5, 0.6) is 0 Å². The van der Waals surface area contributed by atoms with E-state index >= 15 is 0 Å². The Balaban J connectivity index is 2.11. The second-order valence-electron chi connectivity index (χ2n) is 4.01. The van der Waals surface area contributed by atoms with Crippen molar-refractivity contribution in [2.45, 2.75) is 29.4 Å². The van der Waals surface area contributed by atoms with E-state index in [9.17, 15) is 0 Å². The first kappa shape index (κ1) is 12.2. The van der Waals surface area contributed by atoms with Gasteiger partial charge in [0.25, 0.3) is 0 Å². The van der Waals surface area contributed by atoms with E-state index in [0.717, 1.165) is 11.6 Å². The van der Waals surface area contributed by atoms with E-state index in [1.54, 1.807) is 11.8 Å². The first-order chi connectivity index (χ1) is 8.20. The summed E-state index contributed by atoms with van der Waals surface area (Å²) in [5, 5.41) is 0.998. The molecule has 0 spiro atoms. The summed E-state index contributed by atoms with van der Waals surface area (Å²) in [5.74, 6) is 0. The molecule has 2 rings (SSSR count). The van der Waals surface area contributed by atoms with Gasteiger partial charge in [-0.05, 0) is 24.1 Å². The molecule has 2 N–H and O–H groups in total. The summed E-state index contributed by atoms with van der Waals surface area (Å²) in [7, 11) is 2.00. The molecule has 0 aliphatic rings. The lowest BCUT2D eigenvalue weighted by Crippen LogP contribution is -2.07. The lowest BCUT2D eigenvalue weighted by atomic mass is 10.1. The average Bonchev–Trinajstić information content (AvgIpc) is 2.75. The van der Waals surface area contributed by atoms with Crippen LogP contribution in [0.15, 0.2) is 46.7 Å². The van der Waals surface area contributed by atoms with Crippen molar-refractivity contribution in [3.63, 3.8) is 0 Å². The zero-order valence-corrected chi connectivity index (χ0v) is 10.9. The first-order valence-corrected chi connectivity index (χ1v) is 6.53. The third-order valence-corrected chi connectivity index (χ3v) is 3.82. The third-order valence-electron chi connectivity index (χ3n) is 2.73. The maximum absolute atomic E-state index is 5.98. The van der Waals surface area contributed by atoms with Crippen molar-refractivity contribution in [3.8, 4) is 0 Å². The van der Waals surface area contributed by atoms with Gasteiger partial charge in [0.05, 0.1) is 0 Å². The topological polar surface area (TPSA) is 43.8 Å². The van der Waals surface area contributed by atoms with Crippen LogP contribution in [0.3, 0.4) is 0 Å². The molecule has 2 aromatic rings. The molecule has 0 unspecified atom stereocenters. The van der Waals surface area contributed by atoms with Crippen molar-refractivity contribution >= 4 is 11.8 Å². The number of aromatic nitrogens is 2. The molecule has 17 heavy (non-hydrogen) atoms. The van der Waals surface area contributed by atoms with E-state index in [1.165, 1.54) is 10.5 Å². The highest BCUT2D eigenvalue weighted by atomic mass is 32.2. The van der Waals surface area contributed by atoms with Crippen molar-refractivity contribution in [1.82, 2.24) is 9.55 Å². The highest BCUT2D eigenvalue weighted by molar-refractivity contribution is 7.99. The van der Waals surface area contributed by atoms with Gasteiger partial charge in [0.1, 0.15) is 0 Å². The fraction of sp³-hybridized carbons (Fsp3) is 0.308. The van der Waals surface area contributed by atoms with Gasteiger partial charge < -0.3 is 10.3 Å². The third kappa shape index (κ3) is 2.90. The summed E-state index contributed by atoms with van der Waals surface area (Å²) < 4.78 is 2.01. The van der Waals surface area contributed by atoms with Crippen LogP contribution in [-0.2, 0) is 7.05 Å². The van der Waals surface area contributed by atoms with E-state index in [4.69, 9.17) is 5.73 Å². The van der Waals surface area contributed by atoms with Crippen LogP contribution in [-0.4, -0.2) is 9.55 Å². The maximum Gasteiger partial charge on any atom is 0.172 e. The second-order valence-corrected chi connectivity index (χ2v) is 5.05. The van der Waals surface area contributed by atoms with Crippen molar-refractivity contribution in [2.75, 3.05) is 0 Å². The van der Waals surface area contributed by atoms with Gasteiger partial charge in [-0.3, -0.25) is 0 Å². The lowest BCUT2D eigenvalue weighted by Gasteiger charge is -2.09. The van der Waals surface area contributed by atoms with Crippen LogP contribution < -0.4 is 5.73 Å². The number of hydrogen-bond acceptors (Lipinski definition) is 3. The Morgan fingerprint density at radius 2 is 2.06 bits per heavy atom. The fourth-order valence-electron chi connectivity index (χ4n) is 1.57. The summed E-state index contributed by atoms with van der Waals surface area (Å²) in [6.07, 6.45) is 4.72. The Hall–Kier alpha value is -1.26. The van der Waals surface area contributed by atoms with Crippen LogP contribution in [0.4, 0.5) is 0 Å². The van der Waals surface area contributed by atoms with E-state index < -0.39 is 0 Å². The summed E-state index contributed by atoms with van der Waals surface area (Å²) in [6, 6.07) is 8.54. The number of rotatable bonds is 4. The largest absolute Gasteiger partial charge is 0.329 e. The van der Waals surface area contributed by atoms with Crippen LogP contribution in [0.2, 0.25) is 0 Å². The number of nitrogens with two attached hydrogens (primary N) is 1. The predicted octanol–water partition coefficient (Wildman–Crippen LogP) is 2.98. The SMILES string of the molecule is CC[C@@H](N)c1ccc(Sc2nccn2C)cc1. The summed E-state index contributed by atoms with van der Waals surface area (Å²) >= 11 is 1.66. The Labute approximate surface area is 106 Å². The van der Waals surface area contributed by atoms with Gasteiger partial charge in [-0.1, -0.05) is 30.8 Å². The normalized spacial score (nSPS) is 12.6. The van der Waals surface area contributed by atoms with Gasteiger partial charge in [0.15, 0.2) is 5.16 Å². The highest BCUT2D eigenvalue weighted by Crippen LogP contribution is 2.26. The molecule has 0 saturated carbocycles. The Kier molecular flexibility index (Phi) is 3.86. The summed E-state index contributed by atoms with van der Waals surface area (Å²) in [5.41, 5.74) is 7.17. The number of imidazole rings is 1. The van der Waals surface area contributed by atoms with Crippen LogP contribution >= 0.6 is 11.8 Å². The van der Waals surface area contributed by atoms with Gasteiger partial charge in [0, 0.05) is 30.4 Å². The van der Waals surface area contributed by atoms with E-state index in [-0.39, 0.29) is 6.04 Å². The Morgan fingerprint density at radius 3 is 2.59 bits per heavy atom. The second kappa shape index (κ2) is 5.38. The minimum atomic E-state index is 0.141. The molecule has 0 radical (unpaired) electrons. The molecule has 0 bridgehead atoms. The standard InChI is InChI=1S/C13H17N3S/c1-3-12(14)10-4-6-11(7-5-10)17-13-15-8-9-16(13)2/h4-9,12H,3,14H2,1-2H3/t12-/m1/s1. The lowest BCUT2D eigenvalue weighted by molar-refractivity contribution is 0.698. The molecular weight excluding hydrogens is 230 g/mol. The molecule has 0 amide bonds. The van der Waals surface area contributed by atoms with Crippen LogP contribution in [0.25, 0.3) is 0 Å².